The first-order valence-corrected chi connectivity index (χ1v) is 8.85. The maximum Gasteiger partial charge on any atom is 0.226 e. The quantitative estimate of drug-likeness (QED) is 0.525. The fourth-order valence-electron chi connectivity index (χ4n) is 2.98. The Bertz CT molecular complexity index is 1000. The Morgan fingerprint density at radius 3 is 2.65 bits per heavy atom. The standard InChI is InChI=1S/C21H22N4O/c1-3-24(2)14-18-12-22-21(26-18)17-10-8-16(9-11-17)13-25-15-23-19-6-4-5-7-20(19)25/h4-12,15H,3,13-14H2,1-2H3. The van der Waals surface area contributed by atoms with Crippen molar-refractivity contribution in [2.24, 2.45) is 0 Å². The Morgan fingerprint density at radius 2 is 1.85 bits per heavy atom. The summed E-state index contributed by atoms with van der Waals surface area (Å²) in [5.41, 5.74) is 4.38. The lowest BCUT2D eigenvalue weighted by molar-refractivity contribution is 0.311. The zero-order chi connectivity index (χ0) is 17.9. The maximum atomic E-state index is 5.88. The molecule has 0 radical (unpaired) electrons. The monoisotopic (exact) mass is 346 g/mol. The minimum atomic E-state index is 0.670. The van der Waals surface area contributed by atoms with Gasteiger partial charge in [-0.25, -0.2) is 9.97 Å². The predicted octanol–water partition coefficient (Wildman–Crippen LogP) is 4.19. The Morgan fingerprint density at radius 1 is 1.04 bits per heavy atom. The molecule has 0 unspecified atom stereocenters. The van der Waals surface area contributed by atoms with Gasteiger partial charge in [0.15, 0.2) is 0 Å². The molecule has 0 fully saturated rings. The molecule has 5 nitrogen and oxygen atoms in total. The molecule has 0 aliphatic carbocycles. The minimum absolute atomic E-state index is 0.670. The summed E-state index contributed by atoms with van der Waals surface area (Å²) in [7, 11) is 2.07. The van der Waals surface area contributed by atoms with Gasteiger partial charge in [-0.05, 0) is 43.4 Å². The minimum Gasteiger partial charge on any atom is -0.440 e. The van der Waals surface area contributed by atoms with E-state index in [1.54, 1.807) is 0 Å². The van der Waals surface area contributed by atoms with Crippen LogP contribution >= 0.6 is 0 Å². The summed E-state index contributed by atoms with van der Waals surface area (Å²) < 4.78 is 8.04. The molecule has 0 amide bonds. The molecule has 26 heavy (non-hydrogen) atoms. The van der Waals surface area contributed by atoms with E-state index in [1.165, 1.54) is 5.56 Å². The number of hydrogen-bond acceptors (Lipinski definition) is 4. The molecule has 2 heterocycles. The number of hydrogen-bond donors (Lipinski definition) is 0. The number of oxazole rings is 1. The van der Waals surface area contributed by atoms with Gasteiger partial charge in [-0.3, -0.25) is 4.90 Å². The second-order valence-corrected chi connectivity index (χ2v) is 6.52. The first-order chi connectivity index (χ1) is 12.7. The van der Waals surface area contributed by atoms with Crippen molar-refractivity contribution < 1.29 is 4.42 Å². The summed E-state index contributed by atoms with van der Waals surface area (Å²) in [4.78, 5) is 11.0. The molecular weight excluding hydrogens is 324 g/mol. The molecule has 4 aromatic rings. The maximum absolute atomic E-state index is 5.88. The highest BCUT2D eigenvalue weighted by atomic mass is 16.4. The van der Waals surface area contributed by atoms with Crippen LogP contribution in [0.5, 0.6) is 0 Å². The number of para-hydroxylation sites is 2. The molecule has 0 bridgehead atoms. The third-order valence-corrected chi connectivity index (χ3v) is 4.60. The van der Waals surface area contributed by atoms with Crippen molar-refractivity contribution in [1.82, 2.24) is 19.4 Å². The third-order valence-electron chi connectivity index (χ3n) is 4.60. The van der Waals surface area contributed by atoms with Crippen LogP contribution < -0.4 is 0 Å². The van der Waals surface area contributed by atoms with Gasteiger partial charge in [0.1, 0.15) is 5.76 Å². The highest BCUT2D eigenvalue weighted by Crippen LogP contribution is 2.21. The summed E-state index contributed by atoms with van der Waals surface area (Å²) in [5.74, 6) is 1.56. The number of nitrogens with zero attached hydrogens (tertiary/aromatic N) is 4. The second kappa shape index (κ2) is 7.14. The molecule has 0 aliphatic heterocycles. The predicted molar refractivity (Wildman–Crippen MR) is 103 cm³/mol. The van der Waals surface area contributed by atoms with Gasteiger partial charge >= 0.3 is 0 Å². The van der Waals surface area contributed by atoms with Crippen LogP contribution in [-0.4, -0.2) is 33.0 Å². The van der Waals surface area contributed by atoms with E-state index in [1.807, 2.05) is 30.7 Å². The van der Waals surface area contributed by atoms with Gasteiger partial charge in [-0.1, -0.05) is 31.2 Å². The molecule has 4 rings (SSSR count). The normalized spacial score (nSPS) is 11.5. The summed E-state index contributed by atoms with van der Waals surface area (Å²) in [6.45, 7) is 4.67. The van der Waals surface area contributed by atoms with Crippen molar-refractivity contribution in [3.8, 4) is 11.5 Å². The molecule has 2 aromatic heterocycles. The van der Waals surface area contributed by atoms with Crippen LogP contribution in [0.3, 0.4) is 0 Å². The molecule has 2 aromatic carbocycles. The van der Waals surface area contributed by atoms with Gasteiger partial charge in [0.05, 0.1) is 30.1 Å². The molecule has 0 saturated heterocycles. The topological polar surface area (TPSA) is 47.1 Å². The lowest BCUT2D eigenvalue weighted by atomic mass is 10.1. The van der Waals surface area contributed by atoms with Crippen LogP contribution in [-0.2, 0) is 13.1 Å². The smallest absolute Gasteiger partial charge is 0.226 e. The van der Waals surface area contributed by atoms with Crippen molar-refractivity contribution in [2.45, 2.75) is 20.0 Å². The van der Waals surface area contributed by atoms with Gasteiger partial charge in [0, 0.05) is 12.1 Å². The average Bonchev–Trinajstić information content (AvgIpc) is 3.30. The SMILES string of the molecule is CCN(C)Cc1cnc(-c2ccc(Cn3cnc4ccccc43)cc2)o1. The average molecular weight is 346 g/mol. The van der Waals surface area contributed by atoms with E-state index in [-0.39, 0.29) is 0 Å². The Labute approximate surface area is 152 Å². The van der Waals surface area contributed by atoms with E-state index >= 15 is 0 Å². The van der Waals surface area contributed by atoms with E-state index in [9.17, 15) is 0 Å². The van der Waals surface area contributed by atoms with Gasteiger partial charge in [-0.15, -0.1) is 0 Å². The number of benzene rings is 2. The molecular formula is C21H22N4O. The Balaban J connectivity index is 1.50. The highest BCUT2D eigenvalue weighted by Gasteiger charge is 2.09. The molecule has 5 heteroatoms. The largest absolute Gasteiger partial charge is 0.440 e. The van der Waals surface area contributed by atoms with Crippen LogP contribution in [0, 0.1) is 0 Å². The van der Waals surface area contributed by atoms with Crippen LogP contribution in [0.2, 0.25) is 0 Å². The van der Waals surface area contributed by atoms with Crippen molar-refractivity contribution in [2.75, 3.05) is 13.6 Å². The van der Waals surface area contributed by atoms with Crippen LogP contribution in [0.4, 0.5) is 0 Å². The number of aromatic nitrogens is 3. The fraction of sp³-hybridized carbons (Fsp3) is 0.238. The lowest BCUT2D eigenvalue weighted by Crippen LogP contribution is -2.16. The highest BCUT2D eigenvalue weighted by molar-refractivity contribution is 5.75. The van der Waals surface area contributed by atoms with Crippen molar-refractivity contribution in [3.63, 3.8) is 0 Å². The molecule has 0 saturated carbocycles. The van der Waals surface area contributed by atoms with Gasteiger partial charge in [-0.2, -0.15) is 0 Å². The van der Waals surface area contributed by atoms with E-state index < -0.39 is 0 Å². The second-order valence-electron chi connectivity index (χ2n) is 6.52. The van der Waals surface area contributed by atoms with Crippen molar-refractivity contribution in [3.05, 3.63) is 72.4 Å². The van der Waals surface area contributed by atoms with E-state index in [2.05, 4.69) is 63.7 Å². The Hall–Kier alpha value is -2.92. The first-order valence-electron chi connectivity index (χ1n) is 8.85. The zero-order valence-electron chi connectivity index (χ0n) is 15.1. The summed E-state index contributed by atoms with van der Waals surface area (Å²) in [6, 6.07) is 16.5. The molecule has 0 atom stereocenters. The van der Waals surface area contributed by atoms with Crippen molar-refractivity contribution >= 4 is 11.0 Å². The van der Waals surface area contributed by atoms with Crippen molar-refractivity contribution in [1.29, 1.82) is 0 Å². The molecule has 0 N–H and O–H groups in total. The molecule has 0 aliphatic rings. The zero-order valence-corrected chi connectivity index (χ0v) is 15.1. The molecule has 132 valence electrons. The summed E-state index contributed by atoms with van der Waals surface area (Å²) >= 11 is 0. The number of fused-ring (bicyclic) bond motifs is 1. The molecule has 0 spiro atoms. The first kappa shape index (κ1) is 16.5. The summed E-state index contributed by atoms with van der Waals surface area (Å²) in [6.07, 6.45) is 3.70. The van der Waals surface area contributed by atoms with Gasteiger partial charge in [0.2, 0.25) is 5.89 Å². The number of imidazole rings is 1. The van der Waals surface area contributed by atoms with Crippen LogP contribution in [0.25, 0.3) is 22.5 Å². The van der Waals surface area contributed by atoms with E-state index in [4.69, 9.17) is 4.42 Å². The number of rotatable bonds is 6. The van der Waals surface area contributed by atoms with Gasteiger partial charge < -0.3 is 8.98 Å². The van der Waals surface area contributed by atoms with E-state index in [0.29, 0.717) is 5.89 Å². The van der Waals surface area contributed by atoms with Crippen LogP contribution in [0.1, 0.15) is 18.2 Å². The third kappa shape index (κ3) is 3.39. The fourth-order valence-corrected chi connectivity index (χ4v) is 2.98. The van der Waals surface area contributed by atoms with E-state index in [0.717, 1.165) is 42.0 Å². The van der Waals surface area contributed by atoms with Crippen LogP contribution in [0.15, 0.2) is 65.5 Å². The summed E-state index contributed by atoms with van der Waals surface area (Å²) in [5, 5.41) is 0. The Kier molecular flexibility index (Phi) is 4.54. The lowest BCUT2D eigenvalue weighted by Gasteiger charge is -2.10. The van der Waals surface area contributed by atoms with Gasteiger partial charge in [0.25, 0.3) is 0 Å².